The predicted molar refractivity (Wildman–Crippen MR) is 81.8 cm³/mol. The molecule has 1 fully saturated rings. The fourth-order valence-electron chi connectivity index (χ4n) is 2.69. The Balaban J connectivity index is 2.14. The number of benzene rings is 1. The van der Waals surface area contributed by atoms with Gasteiger partial charge in [0.2, 0.25) is 0 Å². The zero-order valence-electron chi connectivity index (χ0n) is 12.8. The summed E-state index contributed by atoms with van der Waals surface area (Å²) in [5, 5.41) is 3.19. The molecule has 1 heterocycles. The zero-order valence-corrected chi connectivity index (χ0v) is 12.8. The number of para-hydroxylation sites is 1. The van der Waals surface area contributed by atoms with E-state index in [-0.39, 0.29) is 6.10 Å². The Hall–Kier alpha value is -1.26. The second-order valence-corrected chi connectivity index (χ2v) is 5.45. The third kappa shape index (κ3) is 3.87. The van der Waals surface area contributed by atoms with Gasteiger partial charge in [-0.2, -0.15) is 0 Å². The summed E-state index contributed by atoms with van der Waals surface area (Å²) < 4.78 is 11.8. The molecule has 0 bridgehead atoms. The molecular weight excluding hydrogens is 252 g/mol. The van der Waals surface area contributed by atoms with E-state index in [1.807, 2.05) is 19.2 Å². The first-order valence-electron chi connectivity index (χ1n) is 7.40. The molecule has 0 aliphatic carbocycles. The first kappa shape index (κ1) is 15.1. The molecule has 1 unspecified atom stereocenters. The maximum Gasteiger partial charge on any atom is 0.164 e. The first-order chi connectivity index (χ1) is 9.74. The van der Waals surface area contributed by atoms with Crippen molar-refractivity contribution in [2.24, 2.45) is 0 Å². The molecule has 0 radical (unpaired) electrons. The fourth-order valence-corrected chi connectivity index (χ4v) is 2.69. The van der Waals surface area contributed by atoms with Crippen molar-refractivity contribution in [1.82, 2.24) is 10.2 Å². The molecule has 0 amide bonds. The average Bonchev–Trinajstić information content (AvgIpc) is 2.46. The van der Waals surface area contributed by atoms with Crippen LogP contribution in [0.1, 0.15) is 18.4 Å². The predicted octanol–water partition coefficient (Wildman–Crippen LogP) is 1.93. The Kier molecular flexibility index (Phi) is 5.68. The highest BCUT2D eigenvalue weighted by atomic mass is 16.5. The number of hydrogen-bond donors (Lipinski definition) is 1. The molecule has 2 rings (SSSR count). The number of nitrogens with one attached hydrogen (secondary N) is 1. The molecule has 0 aromatic heterocycles. The first-order valence-corrected chi connectivity index (χ1v) is 7.40. The van der Waals surface area contributed by atoms with Gasteiger partial charge < -0.3 is 19.7 Å². The number of piperidine rings is 1. The number of likely N-dealkylation sites (tertiary alicyclic amines) is 1. The molecule has 4 heteroatoms. The summed E-state index contributed by atoms with van der Waals surface area (Å²) in [6.45, 7) is 3.09. The van der Waals surface area contributed by atoms with Crippen molar-refractivity contribution in [2.45, 2.75) is 25.4 Å². The molecule has 0 spiro atoms. The quantitative estimate of drug-likeness (QED) is 0.862. The summed E-state index contributed by atoms with van der Waals surface area (Å²) >= 11 is 0. The van der Waals surface area contributed by atoms with E-state index in [2.05, 4.69) is 23.3 Å². The van der Waals surface area contributed by atoms with E-state index in [1.54, 1.807) is 7.11 Å². The fraction of sp³-hybridized carbons (Fsp3) is 0.625. The summed E-state index contributed by atoms with van der Waals surface area (Å²) in [5.74, 6) is 1.76. The lowest BCUT2D eigenvalue weighted by Gasteiger charge is -2.31. The van der Waals surface area contributed by atoms with Crippen LogP contribution in [0.4, 0.5) is 0 Å². The van der Waals surface area contributed by atoms with Gasteiger partial charge in [0.25, 0.3) is 0 Å². The normalized spacial score (nSPS) is 19.9. The number of methoxy groups -OCH3 is 1. The van der Waals surface area contributed by atoms with Gasteiger partial charge in [-0.25, -0.2) is 0 Å². The van der Waals surface area contributed by atoms with Crippen molar-refractivity contribution < 1.29 is 9.47 Å². The number of nitrogens with zero attached hydrogens (tertiary/aromatic N) is 1. The lowest BCUT2D eigenvalue weighted by molar-refractivity contribution is 0.100. The van der Waals surface area contributed by atoms with Gasteiger partial charge in [0.05, 0.1) is 7.11 Å². The Morgan fingerprint density at radius 2 is 2.25 bits per heavy atom. The van der Waals surface area contributed by atoms with Crippen molar-refractivity contribution in [3.8, 4) is 11.5 Å². The van der Waals surface area contributed by atoms with Crippen LogP contribution in [0.15, 0.2) is 18.2 Å². The highest BCUT2D eigenvalue weighted by Crippen LogP contribution is 2.33. The SMILES string of the molecule is CNCCc1cccc(OC)c1OC1CCCN(C)C1. The number of rotatable bonds is 6. The number of likely N-dealkylation sites (N-methyl/N-ethyl adjacent to an activating group) is 2. The lowest BCUT2D eigenvalue weighted by atomic mass is 10.1. The van der Waals surface area contributed by atoms with Crippen molar-refractivity contribution in [3.63, 3.8) is 0 Å². The van der Waals surface area contributed by atoms with E-state index < -0.39 is 0 Å². The topological polar surface area (TPSA) is 33.7 Å². The molecule has 20 heavy (non-hydrogen) atoms. The standard InChI is InChI=1S/C16H26N2O2/c1-17-10-9-13-6-4-8-15(19-3)16(13)20-14-7-5-11-18(2)12-14/h4,6,8,14,17H,5,7,9-12H2,1-3H3. The zero-order chi connectivity index (χ0) is 14.4. The van der Waals surface area contributed by atoms with Crippen molar-refractivity contribution in [2.75, 3.05) is 40.8 Å². The maximum absolute atomic E-state index is 6.28. The molecule has 1 N–H and O–H groups in total. The minimum Gasteiger partial charge on any atom is -0.493 e. The van der Waals surface area contributed by atoms with E-state index >= 15 is 0 Å². The summed E-state index contributed by atoms with van der Waals surface area (Å²) in [6, 6.07) is 6.14. The second kappa shape index (κ2) is 7.50. The third-order valence-corrected chi connectivity index (χ3v) is 3.79. The molecule has 0 saturated carbocycles. The van der Waals surface area contributed by atoms with E-state index in [9.17, 15) is 0 Å². The van der Waals surface area contributed by atoms with Crippen LogP contribution in [0.25, 0.3) is 0 Å². The van der Waals surface area contributed by atoms with Gasteiger partial charge in [0.15, 0.2) is 11.5 Å². The highest BCUT2D eigenvalue weighted by molar-refractivity contribution is 5.47. The van der Waals surface area contributed by atoms with Gasteiger partial charge in [0.1, 0.15) is 6.10 Å². The van der Waals surface area contributed by atoms with Crippen molar-refractivity contribution in [1.29, 1.82) is 0 Å². The summed E-state index contributed by atoms with van der Waals surface area (Å²) in [7, 11) is 5.83. The molecule has 1 aromatic rings. The van der Waals surface area contributed by atoms with Crippen LogP contribution < -0.4 is 14.8 Å². The molecule has 4 nitrogen and oxygen atoms in total. The van der Waals surface area contributed by atoms with Gasteiger partial charge in [-0.1, -0.05) is 12.1 Å². The lowest BCUT2D eigenvalue weighted by Crippen LogP contribution is -2.38. The Morgan fingerprint density at radius 1 is 1.40 bits per heavy atom. The van der Waals surface area contributed by atoms with Crippen LogP contribution >= 0.6 is 0 Å². The highest BCUT2D eigenvalue weighted by Gasteiger charge is 2.21. The largest absolute Gasteiger partial charge is 0.493 e. The average molecular weight is 278 g/mol. The van der Waals surface area contributed by atoms with Crippen LogP contribution in [0, 0.1) is 0 Å². The van der Waals surface area contributed by atoms with E-state index in [0.717, 1.165) is 37.4 Å². The van der Waals surface area contributed by atoms with Crippen molar-refractivity contribution >= 4 is 0 Å². The van der Waals surface area contributed by atoms with E-state index in [0.29, 0.717) is 0 Å². The van der Waals surface area contributed by atoms with Gasteiger partial charge in [-0.3, -0.25) is 0 Å². The van der Waals surface area contributed by atoms with Crippen LogP contribution in [0.5, 0.6) is 11.5 Å². The van der Waals surface area contributed by atoms with E-state index in [1.165, 1.54) is 18.5 Å². The third-order valence-electron chi connectivity index (χ3n) is 3.79. The summed E-state index contributed by atoms with van der Waals surface area (Å²) in [6.07, 6.45) is 3.53. The molecule has 1 atom stereocenters. The summed E-state index contributed by atoms with van der Waals surface area (Å²) in [5.41, 5.74) is 1.21. The molecular formula is C16H26N2O2. The van der Waals surface area contributed by atoms with Crippen LogP contribution in [-0.2, 0) is 6.42 Å². The minimum absolute atomic E-state index is 0.262. The molecule has 112 valence electrons. The molecule has 1 saturated heterocycles. The second-order valence-electron chi connectivity index (χ2n) is 5.45. The maximum atomic E-state index is 6.28. The smallest absolute Gasteiger partial charge is 0.164 e. The monoisotopic (exact) mass is 278 g/mol. The molecule has 1 aliphatic rings. The summed E-state index contributed by atoms with van der Waals surface area (Å²) in [4.78, 5) is 2.33. The van der Waals surface area contributed by atoms with Crippen LogP contribution in [0.3, 0.4) is 0 Å². The Bertz CT molecular complexity index is 423. The van der Waals surface area contributed by atoms with Crippen LogP contribution in [0.2, 0.25) is 0 Å². The van der Waals surface area contributed by atoms with E-state index in [4.69, 9.17) is 9.47 Å². The number of hydrogen-bond acceptors (Lipinski definition) is 4. The van der Waals surface area contributed by atoms with Crippen LogP contribution in [-0.4, -0.2) is 51.8 Å². The van der Waals surface area contributed by atoms with Gasteiger partial charge in [-0.15, -0.1) is 0 Å². The Morgan fingerprint density at radius 3 is 2.95 bits per heavy atom. The molecule has 1 aliphatic heterocycles. The van der Waals surface area contributed by atoms with Gasteiger partial charge in [-0.05, 0) is 58.1 Å². The Labute approximate surface area is 122 Å². The van der Waals surface area contributed by atoms with Gasteiger partial charge in [0, 0.05) is 6.54 Å². The minimum atomic E-state index is 0.262. The number of ether oxygens (including phenoxy) is 2. The molecule has 1 aromatic carbocycles. The van der Waals surface area contributed by atoms with Gasteiger partial charge >= 0.3 is 0 Å². The van der Waals surface area contributed by atoms with Crippen molar-refractivity contribution in [3.05, 3.63) is 23.8 Å².